The highest BCUT2D eigenvalue weighted by atomic mass is 28.4. The second-order valence-electron chi connectivity index (χ2n) is 9.94. The molecule has 0 bridgehead atoms. The van der Waals surface area contributed by atoms with Crippen LogP contribution in [0.25, 0.3) is 0 Å². The number of benzene rings is 1. The highest BCUT2D eigenvalue weighted by Gasteiger charge is 2.38. The van der Waals surface area contributed by atoms with Crippen LogP contribution in [0.1, 0.15) is 58.9 Å². The number of ether oxygens (including phenoxy) is 2. The number of carbonyl (C=O) groups is 3. The van der Waals surface area contributed by atoms with Crippen molar-refractivity contribution in [2.45, 2.75) is 90.3 Å². The molecule has 1 rings (SSSR count). The molecule has 1 aromatic carbocycles. The third kappa shape index (κ3) is 11.3. The molecule has 0 radical (unpaired) electrons. The summed E-state index contributed by atoms with van der Waals surface area (Å²) in [6, 6.07) is 8.34. The summed E-state index contributed by atoms with van der Waals surface area (Å²) in [5.74, 6) is -1.08. The monoisotopic (exact) mass is 495 g/mol. The third-order valence-electron chi connectivity index (χ3n) is 5.95. The van der Waals surface area contributed by atoms with Crippen LogP contribution < -0.4 is 5.32 Å². The molecule has 0 saturated carbocycles. The lowest BCUT2D eigenvalue weighted by atomic mass is 10.0. The van der Waals surface area contributed by atoms with Crippen LogP contribution in [-0.4, -0.2) is 56.6 Å². The smallest absolute Gasteiger partial charge is 0.407 e. The van der Waals surface area contributed by atoms with Crippen LogP contribution >= 0.6 is 0 Å². The summed E-state index contributed by atoms with van der Waals surface area (Å²) in [6.07, 6.45) is -1.10. The summed E-state index contributed by atoms with van der Waals surface area (Å²) in [4.78, 5) is 36.5. The number of Topliss-reactive ketones (excluding diaryl/α,β-unsaturated/α-hetero) is 1. The number of esters is 1. The minimum atomic E-state index is -2.18. The van der Waals surface area contributed by atoms with E-state index < -0.39 is 44.7 Å². The van der Waals surface area contributed by atoms with E-state index in [9.17, 15) is 19.5 Å². The zero-order chi connectivity index (χ0) is 25.8. The molecule has 2 N–H and O–H groups in total. The molecule has 8 nitrogen and oxygen atoms in total. The number of hydrogen-bond acceptors (Lipinski definition) is 7. The fourth-order valence-corrected chi connectivity index (χ4v) is 3.70. The fourth-order valence-electron chi connectivity index (χ4n) is 2.67. The lowest BCUT2D eigenvalue weighted by Crippen LogP contribution is -2.51. The molecule has 0 aliphatic rings. The van der Waals surface area contributed by atoms with Crippen LogP contribution in [0.3, 0.4) is 0 Å². The summed E-state index contributed by atoms with van der Waals surface area (Å²) in [5, 5.41) is 13.3. The van der Waals surface area contributed by atoms with Crippen molar-refractivity contribution in [2.24, 2.45) is 0 Å². The van der Waals surface area contributed by atoms with E-state index in [4.69, 9.17) is 13.9 Å². The number of ketones is 1. The maximum Gasteiger partial charge on any atom is 0.407 e. The number of unbranched alkanes of at least 4 members (excludes halogenated alkanes) is 1. The Bertz CT molecular complexity index is 777. The van der Waals surface area contributed by atoms with E-state index in [0.29, 0.717) is 0 Å². The fraction of sp³-hybridized carbons (Fsp3) is 0.640. The molecule has 2 atom stereocenters. The third-order valence-corrected chi connectivity index (χ3v) is 10.5. The van der Waals surface area contributed by atoms with Crippen molar-refractivity contribution in [2.75, 3.05) is 13.2 Å². The number of rotatable bonds is 14. The number of nitrogens with one attached hydrogen (secondary N) is 1. The van der Waals surface area contributed by atoms with E-state index in [2.05, 4.69) is 39.2 Å². The first kappa shape index (κ1) is 29.8. The van der Waals surface area contributed by atoms with Crippen molar-refractivity contribution < 1.29 is 33.4 Å². The van der Waals surface area contributed by atoms with Gasteiger partial charge in [-0.15, -0.1) is 0 Å². The lowest BCUT2D eigenvalue weighted by molar-refractivity contribution is -0.146. The topological polar surface area (TPSA) is 111 Å². The van der Waals surface area contributed by atoms with Gasteiger partial charge in [0.25, 0.3) is 0 Å². The number of hydrogen-bond donors (Lipinski definition) is 2. The Morgan fingerprint density at radius 2 is 1.74 bits per heavy atom. The molecule has 0 spiro atoms. The van der Waals surface area contributed by atoms with E-state index in [1.54, 1.807) is 0 Å². The Morgan fingerprint density at radius 1 is 1.09 bits per heavy atom. The van der Waals surface area contributed by atoms with Crippen LogP contribution in [0.5, 0.6) is 0 Å². The van der Waals surface area contributed by atoms with Gasteiger partial charge in [-0.1, -0.05) is 64.4 Å². The van der Waals surface area contributed by atoms with Crippen LogP contribution in [0.4, 0.5) is 4.79 Å². The standard InChI is InChI=1S/C25H41NO7Si/c1-7-8-14-31-23(29)16-20(27)15-22(28)21(18-33-34(5,6)25(2,3)4)26-24(30)32-17-19-12-10-9-11-13-19/h9-13,21-22,28H,7-8,14-18H2,1-6H3,(H,26,30)/t21-,22-/m0/s1. The molecule has 0 saturated heterocycles. The minimum absolute atomic E-state index is 0.0202. The van der Waals surface area contributed by atoms with Crippen molar-refractivity contribution in [3.63, 3.8) is 0 Å². The molecule has 192 valence electrons. The highest BCUT2D eigenvalue weighted by molar-refractivity contribution is 6.74. The Labute approximate surface area is 204 Å². The predicted molar refractivity (Wildman–Crippen MR) is 133 cm³/mol. The second-order valence-corrected chi connectivity index (χ2v) is 14.8. The van der Waals surface area contributed by atoms with Crippen LogP contribution in [0.2, 0.25) is 18.1 Å². The van der Waals surface area contributed by atoms with Gasteiger partial charge in [0, 0.05) is 6.42 Å². The number of carbonyl (C=O) groups excluding carboxylic acids is 3. The first-order chi connectivity index (χ1) is 15.9. The van der Waals surface area contributed by atoms with Crippen molar-refractivity contribution in [3.05, 3.63) is 35.9 Å². The van der Waals surface area contributed by atoms with E-state index in [1.165, 1.54) is 0 Å². The lowest BCUT2D eigenvalue weighted by Gasteiger charge is -2.37. The number of amides is 1. The summed E-state index contributed by atoms with van der Waals surface area (Å²) < 4.78 is 16.5. The van der Waals surface area contributed by atoms with E-state index in [-0.39, 0.29) is 31.3 Å². The summed E-state index contributed by atoms with van der Waals surface area (Å²) in [7, 11) is -2.18. The molecule has 0 aromatic heterocycles. The number of aliphatic hydroxyl groups excluding tert-OH is 1. The van der Waals surface area contributed by atoms with E-state index in [1.807, 2.05) is 37.3 Å². The largest absolute Gasteiger partial charge is 0.465 e. The first-order valence-electron chi connectivity index (χ1n) is 11.8. The Morgan fingerprint density at radius 3 is 2.32 bits per heavy atom. The molecule has 0 unspecified atom stereocenters. The maximum absolute atomic E-state index is 12.4. The van der Waals surface area contributed by atoms with Crippen LogP contribution in [0.15, 0.2) is 30.3 Å². The van der Waals surface area contributed by atoms with Crippen LogP contribution in [0, 0.1) is 0 Å². The molecule has 0 fully saturated rings. The van der Waals surface area contributed by atoms with Gasteiger partial charge in [0.1, 0.15) is 18.8 Å². The minimum Gasteiger partial charge on any atom is -0.465 e. The molecule has 0 aliphatic carbocycles. The van der Waals surface area contributed by atoms with Crippen LogP contribution in [-0.2, 0) is 30.1 Å². The number of alkyl carbamates (subject to hydrolysis) is 1. The Hall–Kier alpha value is -2.23. The van der Waals surface area contributed by atoms with Gasteiger partial charge in [-0.25, -0.2) is 4.79 Å². The van der Waals surface area contributed by atoms with E-state index >= 15 is 0 Å². The SMILES string of the molecule is CCCCOC(=O)CC(=O)C[C@H](O)[C@H](CO[Si](C)(C)C(C)(C)C)NC(=O)OCc1ccccc1. The van der Waals surface area contributed by atoms with Crippen molar-refractivity contribution in [1.82, 2.24) is 5.32 Å². The average Bonchev–Trinajstić information content (AvgIpc) is 2.75. The second kappa shape index (κ2) is 14.2. The quantitative estimate of drug-likeness (QED) is 0.171. The highest BCUT2D eigenvalue weighted by Crippen LogP contribution is 2.36. The van der Waals surface area contributed by atoms with Crippen molar-refractivity contribution >= 4 is 26.2 Å². The predicted octanol–water partition coefficient (Wildman–Crippen LogP) is 4.36. The van der Waals surface area contributed by atoms with E-state index in [0.717, 1.165) is 18.4 Å². The average molecular weight is 496 g/mol. The molecular formula is C25H41NO7Si. The van der Waals surface area contributed by atoms with Crippen molar-refractivity contribution in [3.8, 4) is 0 Å². The molecular weight excluding hydrogens is 454 g/mol. The zero-order valence-electron chi connectivity index (χ0n) is 21.4. The van der Waals surface area contributed by atoms with Gasteiger partial charge in [0.05, 0.1) is 25.4 Å². The van der Waals surface area contributed by atoms with Gasteiger partial charge < -0.3 is 24.3 Å². The summed E-state index contributed by atoms with van der Waals surface area (Å²) in [6.45, 7) is 12.7. The van der Waals surface area contributed by atoms with Gasteiger partial charge in [0.15, 0.2) is 8.32 Å². The van der Waals surface area contributed by atoms with Gasteiger partial charge in [-0.2, -0.15) is 0 Å². The summed E-state index contributed by atoms with van der Waals surface area (Å²) >= 11 is 0. The number of aliphatic hydroxyl groups is 1. The molecule has 0 aliphatic heterocycles. The van der Waals surface area contributed by atoms with Crippen molar-refractivity contribution in [1.29, 1.82) is 0 Å². The molecule has 0 heterocycles. The van der Waals surface area contributed by atoms with Gasteiger partial charge in [-0.05, 0) is 30.1 Å². The Kier molecular flexibility index (Phi) is 12.5. The van der Waals surface area contributed by atoms with Gasteiger partial charge in [-0.3, -0.25) is 9.59 Å². The molecule has 1 aromatic rings. The molecule has 9 heteroatoms. The maximum atomic E-state index is 12.4. The first-order valence-corrected chi connectivity index (χ1v) is 14.7. The Balaban J connectivity index is 2.75. The summed E-state index contributed by atoms with van der Waals surface area (Å²) in [5.41, 5.74) is 0.823. The normalized spacial score (nSPS) is 13.6. The zero-order valence-corrected chi connectivity index (χ0v) is 22.4. The van der Waals surface area contributed by atoms with Gasteiger partial charge in [0.2, 0.25) is 0 Å². The van der Waals surface area contributed by atoms with Gasteiger partial charge >= 0.3 is 12.1 Å². The molecule has 1 amide bonds. The molecule has 34 heavy (non-hydrogen) atoms.